The SMILES string of the molecule is CC(C)NC(=O)[C@@H](C)N(Cc1ccccc1F)C(=O)CN(c1cccc(C(F)(F)F)c1)S(=O)(=O)c1ccccc1. The highest BCUT2D eigenvalue weighted by molar-refractivity contribution is 7.92. The second-order valence-electron chi connectivity index (χ2n) is 9.33. The number of hydrogen-bond donors (Lipinski definition) is 1. The summed E-state index contributed by atoms with van der Waals surface area (Å²) in [4.78, 5) is 27.3. The topological polar surface area (TPSA) is 86.8 Å². The molecule has 7 nitrogen and oxygen atoms in total. The van der Waals surface area contributed by atoms with Crippen LogP contribution in [-0.4, -0.2) is 43.8 Å². The Morgan fingerprint density at radius 2 is 1.52 bits per heavy atom. The van der Waals surface area contributed by atoms with E-state index in [0.717, 1.165) is 23.1 Å². The first-order chi connectivity index (χ1) is 18.7. The zero-order chi connectivity index (χ0) is 29.7. The van der Waals surface area contributed by atoms with Crippen molar-refractivity contribution in [2.75, 3.05) is 10.8 Å². The number of hydrogen-bond acceptors (Lipinski definition) is 4. The molecule has 214 valence electrons. The Hall–Kier alpha value is -3.93. The maximum absolute atomic E-state index is 14.5. The van der Waals surface area contributed by atoms with E-state index in [-0.39, 0.29) is 23.0 Å². The maximum atomic E-state index is 14.5. The van der Waals surface area contributed by atoms with E-state index in [1.54, 1.807) is 19.9 Å². The first-order valence-corrected chi connectivity index (χ1v) is 13.7. The molecule has 0 spiro atoms. The minimum absolute atomic E-state index is 0.0663. The average Bonchev–Trinajstić information content (AvgIpc) is 2.90. The number of benzene rings is 3. The third-order valence-electron chi connectivity index (χ3n) is 5.97. The molecule has 3 aromatic carbocycles. The van der Waals surface area contributed by atoms with Gasteiger partial charge in [0.15, 0.2) is 0 Å². The summed E-state index contributed by atoms with van der Waals surface area (Å²) >= 11 is 0. The summed E-state index contributed by atoms with van der Waals surface area (Å²) in [5.41, 5.74) is -1.45. The molecule has 0 aliphatic rings. The molecule has 1 N–H and O–H groups in total. The monoisotopic (exact) mass is 579 g/mol. The van der Waals surface area contributed by atoms with E-state index in [2.05, 4.69) is 5.32 Å². The Bertz CT molecular complexity index is 1450. The fourth-order valence-electron chi connectivity index (χ4n) is 3.88. The van der Waals surface area contributed by atoms with Gasteiger partial charge in [-0.05, 0) is 57.2 Å². The predicted octanol–water partition coefficient (Wildman–Crippen LogP) is 4.98. The van der Waals surface area contributed by atoms with Crippen molar-refractivity contribution in [2.24, 2.45) is 0 Å². The van der Waals surface area contributed by atoms with Gasteiger partial charge < -0.3 is 10.2 Å². The fourth-order valence-corrected chi connectivity index (χ4v) is 5.31. The molecule has 1 atom stereocenters. The molecule has 0 aliphatic carbocycles. The van der Waals surface area contributed by atoms with Gasteiger partial charge in [-0.2, -0.15) is 13.2 Å². The predicted molar refractivity (Wildman–Crippen MR) is 142 cm³/mol. The van der Waals surface area contributed by atoms with Crippen LogP contribution in [0.25, 0.3) is 0 Å². The van der Waals surface area contributed by atoms with Crippen LogP contribution in [0.2, 0.25) is 0 Å². The lowest BCUT2D eigenvalue weighted by Gasteiger charge is -2.32. The van der Waals surface area contributed by atoms with Gasteiger partial charge in [0.25, 0.3) is 10.0 Å². The first-order valence-electron chi connectivity index (χ1n) is 12.3. The van der Waals surface area contributed by atoms with Crippen LogP contribution in [0.4, 0.5) is 23.2 Å². The molecular weight excluding hydrogens is 550 g/mol. The molecule has 0 bridgehead atoms. The largest absolute Gasteiger partial charge is 0.416 e. The molecule has 0 aliphatic heterocycles. The van der Waals surface area contributed by atoms with Crippen molar-refractivity contribution in [3.63, 3.8) is 0 Å². The molecule has 0 heterocycles. The van der Waals surface area contributed by atoms with Crippen LogP contribution < -0.4 is 9.62 Å². The lowest BCUT2D eigenvalue weighted by Crippen LogP contribution is -2.52. The zero-order valence-corrected chi connectivity index (χ0v) is 22.8. The van der Waals surface area contributed by atoms with Gasteiger partial charge in [-0.15, -0.1) is 0 Å². The summed E-state index contributed by atoms with van der Waals surface area (Å²) in [5, 5.41) is 2.66. The van der Waals surface area contributed by atoms with E-state index in [1.807, 2.05) is 0 Å². The van der Waals surface area contributed by atoms with Crippen LogP contribution in [0, 0.1) is 5.82 Å². The minimum Gasteiger partial charge on any atom is -0.352 e. The lowest BCUT2D eigenvalue weighted by atomic mass is 10.1. The molecule has 0 saturated heterocycles. The van der Waals surface area contributed by atoms with Crippen LogP contribution in [0.1, 0.15) is 31.9 Å². The van der Waals surface area contributed by atoms with E-state index in [1.165, 1.54) is 55.5 Å². The van der Waals surface area contributed by atoms with Crippen molar-refractivity contribution in [3.05, 3.63) is 95.8 Å². The van der Waals surface area contributed by atoms with Gasteiger partial charge in [0.05, 0.1) is 16.1 Å². The quantitative estimate of drug-likeness (QED) is 0.343. The minimum atomic E-state index is -4.78. The van der Waals surface area contributed by atoms with Crippen molar-refractivity contribution in [1.82, 2.24) is 10.2 Å². The van der Waals surface area contributed by atoms with Gasteiger partial charge in [-0.3, -0.25) is 13.9 Å². The summed E-state index contributed by atoms with van der Waals surface area (Å²) in [6.07, 6.45) is -4.78. The second kappa shape index (κ2) is 12.5. The van der Waals surface area contributed by atoms with Gasteiger partial charge in [-0.1, -0.05) is 42.5 Å². The highest BCUT2D eigenvalue weighted by atomic mass is 32.2. The van der Waals surface area contributed by atoms with Crippen molar-refractivity contribution < 1.29 is 35.6 Å². The summed E-state index contributed by atoms with van der Waals surface area (Å²) in [6, 6.07) is 14.6. The number of carbonyl (C=O) groups excluding carboxylic acids is 2. The summed E-state index contributed by atoms with van der Waals surface area (Å²) < 4.78 is 82.9. The highest BCUT2D eigenvalue weighted by Crippen LogP contribution is 2.33. The first kappa shape index (κ1) is 30.6. The van der Waals surface area contributed by atoms with Crippen LogP contribution in [0.15, 0.2) is 83.8 Å². The molecule has 2 amide bonds. The van der Waals surface area contributed by atoms with Crippen LogP contribution in [0.3, 0.4) is 0 Å². The third-order valence-corrected chi connectivity index (χ3v) is 7.76. The molecule has 3 aromatic rings. The van der Waals surface area contributed by atoms with Gasteiger partial charge in [0.2, 0.25) is 11.8 Å². The number of sulfonamides is 1. The van der Waals surface area contributed by atoms with Gasteiger partial charge in [0.1, 0.15) is 18.4 Å². The summed E-state index contributed by atoms with van der Waals surface area (Å²) in [5.74, 6) is -2.15. The number of halogens is 4. The van der Waals surface area contributed by atoms with Crippen LogP contribution in [0.5, 0.6) is 0 Å². The standard InChI is InChI=1S/C28H29F4N3O4S/c1-19(2)33-27(37)20(3)34(17-21-10-7-8-15-25(21)29)26(36)18-35(40(38,39)24-13-5-4-6-14-24)23-12-9-11-22(16-23)28(30,31)32/h4-16,19-20H,17-18H2,1-3H3,(H,33,37)/t20-/m1/s1. The normalized spacial score (nSPS) is 12.6. The average molecular weight is 580 g/mol. The number of anilines is 1. The lowest BCUT2D eigenvalue weighted by molar-refractivity contribution is -0.139. The van der Waals surface area contributed by atoms with Crippen LogP contribution in [-0.2, 0) is 32.3 Å². The van der Waals surface area contributed by atoms with Gasteiger partial charge >= 0.3 is 6.18 Å². The number of nitrogens with one attached hydrogen (secondary N) is 1. The van der Waals surface area contributed by atoms with E-state index < -0.39 is 57.7 Å². The Morgan fingerprint density at radius 3 is 2.12 bits per heavy atom. The zero-order valence-electron chi connectivity index (χ0n) is 22.0. The number of amides is 2. The molecule has 0 unspecified atom stereocenters. The summed E-state index contributed by atoms with van der Waals surface area (Å²) in [6.45, 7) is 3.47. The second-order valence-corrected chi connectivity index (χ2v) is 11.2. The Morgan fingerprint density at radius 1 is 0.900 bits per heavy atom. The van der Waals surface area contributed by atoms with E-state index in [4.69, 9.17) is 0 Å². The van der Waals surface area contributed by atoms with E-state index >= 15 is 0 Å². The van der Waals surface area contributed by atoms with Crippen molar-refractivity contribution >= 4 is 27.5 Å². The van der Waals surface area contributed by atoms with Gasteiger partial charge in [-0.25, -0.2) is 12.8 Å². The molecule has 3 rings (SSSR count). The van der Waals surface area contributed by atoms with E-state index in [0.29, 0.717) is 10.4 Å². The third kappa shape index (κ3) is 7.38. The van der Waals surface area contributed by atoms with E-state index in [9.17, 15) is 35.6 Å². The fraction of sp³-hybridized carbons (Fsp3) is 0.286. The number of carbonyl (C=O) groups is 2. The van der Waals surface area contributed by atoms with Crippen molar-refractivity contribution in [2.45, 2.75) is 50.5 Å². The molecule has 0 saturated carbocycles. The Kier molecular flexibility index (Phi) is 9.56. The maximum Gasteiger partial charge on any atom is 0.416 e. The number of alkyl halides is 3. The van der Waals surface area contributed by atoms with Crippen molar-refractivity contribution in [3.8, 4) is 0 Å². The molecule has 12 heteroatoms. The Balaban J connectivity index is 2.09. The Labute approximate surface area is 230 Å². The smallest absolute Gasteiger partial charge is 0.352 e. The van der Waals surface area contributed by atoms with Crippen molar-refractivity contribution in [1.29, 1.82) is 0 Å². The van der Waals surface area contributed by atoms with Gasteiger partial charge in [0, 0.05) is 18.2 Å². The molecule has 40 heavy (non-hydrogen) atoms. The molecule has 0 aromatic heterocycles. The molecule has 0 fully saturated rings. The summed E-state index contributed by atoms with van der Waals surface area (Å²) in [7, 11) is -4.55. The number of rotatable bonds is 10. The number of nitrogens with zero attached hydrogens (tertiary/aromatic N) is 2. The molecular formula is C28H29F4N3O4S. The van der Waals surface area contributed by atoms with Crippen LogP contribution >= 0.6 is 0 Å². The molecule has 0 radical (unpaired) electrons. The highest BCUT2D eigenvalue weighted by Gasteiger charge is 2.35.